The van der Waals surface area contributed by atoms with Crippen molar-refractivity contribution >= 4 is 21.9 Å². The molecule has 0 aliphatic carbocycles. The Morgan fingerprint density at radius 1 is 1.38 bits per heavy atom. The summed E-state index contributed by atoms with van der Waals surface area (Å²) in [4.78, 5) is 4.59. The first-order valence-corrected chi connectivity index (χ1v) is 7.87. The number of benzene rings is 1. The minimum absolute atomic E-state index is 0.209. The predicted octanol–water partition coefficient (Wildman–Crippen LogP) is 4.01. The van der Waals surface area contributed by atoms with Crippen molar-refractivity contribution in [3.05, 3.63) is 46.2 Å². The molecule has 0 saturated carbocycles. The number of methoxy groups -OCH3 is 1. The van der Waals surface area contributed by atoms with E-state index in [9.17, 15) is 0 Å². The first-order valence-electron chi connectivity index (χ1n) is 7.07. The van der Waals surface area contributed by atoms with E-state index in [-0.39, 0.29) is 12.1 Å². The van der Waals surface area contributed by atoms with E-state index in [1.54, 1.807) is 7.11 Å². The third kappa shape index (κ3) is 4.08. The molecule has 0 fully saturated rings. The minimum atomic E-state index is 0.209. The molecule has 21 heavy (non-hydrogen) atoms. The molecule has 5 heteroatoms. The molecule has 2 rings (SSSR count). The van der Waals surface area contributed by atoms with Crippen LogP contribution in [0.2, 0.25) is 0 Å². The molecular formula is C16H22BrN3O. The number of nitrogens with zero attached hydrogens (tertiary/aromatic N) is 2. The van der Waals surface area contributed by atoms with E-state index in [0.29, 0.717) is 6.61 Å². The van der Waals surface area contributed by atoms with Gasteiger partial charge < -0.3 is 14.6 Å². The Balaban J connectivity index is 2.26. The second-order valence-corrected chi connectivity index (χ2v) is 6.26. The number of rotatable bonds is 6. The van der Waals surface area contributed by atoms with Crippen LogP contribution >= 0.6 is 15.9 Å². The standard InChI is InChI=1S/C16H22BrN3O/c1-11-9-20(16(18-11)19-12(2)10-21-4)13(3)14-6-5-7-15(17)8-14/h5-9,12-13H,10H2,1-4H3,(H,18,19). The number of imidazole rings is 1. The number of halogens is 1. The average Bonchev–Trinajstić information content (AvgIpc) is 2.79. The van der Waals surface area contributed by atoms with Crippen molar-refractivity contribution in [1.29, 1.82) is 0 Å². The Labute approximate surface area is 134 Å². The van der Waals surface area contributed by atoms with Crippen LogP contribution in [0, 0.1) is 6.92 Å². The van der Waals surface area contributed by atoms with Gasteiger partial charge in [0.25, 0.3) is 0 Å². The van der Waals surface area contributed by atoms with Gasteiger partial charge in [0.15, 0.2) is 0 Å². The first-order chi connectivity index (χ1) is 10.0. The molecule has 0 aliphatic rings. The van der Waals surface area contributed by atoms with Crippen LogP contribution in [0.25, 0.3) is 0 Å². The van der Waals surface area contributed by atoms with Crippen molar-refractivity contribution in [2.45, 2.75) is 32.9 Å². The van der Waals surface area contributed by atoms with Gasteiger partial charge in [-0.25, -0.2) is 4.98 Å². The summed E-state index contributed by atoms with van der Waals surface area (Å²) >= 11 is 3.53. The van der Waals surface area contributed by atoms with E-state index < -0.39 is 0 Å². The van der Waals surface area contributed by atoms with Crippen molar-refractivity contribution in [3.8, 4) is 0 Å². The molecule has 2 unspecified atom stereocenters. The zero-order valence-corrected chi connectivity index (χ0v) is 14.5. The highest BCUT2D eigenvalue weighted by Gasteiger charge is 2.15. The van der Waals surface area contributed by atoms with Crippen LogP contribution in [0.3, 0.4) is 0 Å². The van der Waals surface area contributed by atoms with Crippen molar-refractivity contribution in [1.82, 2.24) is 9.55 Å². The molecule has 1 aromatic carbocycles. The monoisotopic (exact) mass is 351 g/mol. The lowest BCUT2D eigenvalue weighted by molar-refractivity contribution is 0.190. The van der Waals surface area contributed by atoms with Crippen LogP contribution in [0.5, 0.6) is 0 Å². The highest BCUT2D eigenvalue weighted by molar-refractivity contribution is 9.10. The Morgan fingerprint density at radius 2 is 2.14 bits per heavy atom. The summed E-state index contributed by atoms with van der Waals surface area (Å²) in [6.07, 6.45) is 2.08. The summed E-state index contributed by atoms with van der Waals surface area (Å²) in [5.74, 6) is 0.879. The molecule has 2 aromatic rings. The van der Waals surface area contributed by atoms with Crippen LogP contribution in [0.1, 0.15) is 31.1 Å². The van der Waals surface area contributed by atoms with Crippen LogP contribution < -0.4 is 5.32 Å². The lowest BCUT2D eigenvalue weighted by Gasteiger charge is -2.20. The van der Waals surface area contributed by atoms with Gasteiger partial charge in [0.05, 0.1) is 18.3 Å². The zero-order valence-electron chi connectivity index (χ0n) is 12.9. The first kappa shape index (κ1) is 16.0. The molecule has 0 aliphatic heterocycles. The SMILES string of the molecule is COCC(C)Nc1nc(C)cn1C(C)c1cccc(Br)c1. The Kier molecular flexibility index (Phi) is 5.42. The normalized spacial score (nSPS) is 14.0. The summed E-state index contributed by atoms with van der Waals surface area (Å²) in [5, 5.41) is 3.41. The summed E-state index contributed by atoms with van der Waals surface area (Å²) in [7, 11) is 1.71. The highest BCUT2D eigenvalue weighted by Crippen LogP contribution is 2.25. The molecule has 0 radical (unpaired) electrons. The van der Waals surface area contributed by atoms with Crippen LogP contribution in [-0.4, -0.2) is 29.3 Å². The second kappa shape index (κ2) is 7.09. The quantitative estimate of drug-likeness (QED) is 0.854. The maximum Gasteiger partial charge on any atom is 0.203 e. The van der Waals surface area contributed by atoms with Gasteiger partial charge in [0.2, 0.25) is 5.95 Å². The Morgan fingerprint density at radius 3 is 2.81 bits per heavy atom. The van der Waals surface area contributed by atoms with Crippen molar-refractivity contribution < 1.29 is 4.74 Å². The average molecular weight is 352 g/mol. The van der Waals surface area contributed by atoms with Crippen molar-refractivity contribution in [2.24, 2.45) is 0 Å². The van der Waals surface area contributed by atoms with Gasteiger partial charge in [-0.1, -0.05) is 28.1 Å². The van der Waals surface area contributed by atoms with E-state index in [2.05, 4.69) is 69.0 Å². The molecule has 1 aromatic heterocycles. The third-order valence-electron chi connectivity index (χ3n) is 3.39. The van der Waals surface area contributed by atoms with Crippen LogP contribution in [0.4, 0.5) is 5.95 Å². The van der Waals surface area contributed by atoms with Crippen LogP contribution in [0.15, 0.2) is 34.9 Å². The molecule has 114 valence electrons. The maximum atomic E-state index is 5.18. The van der Waals surface area contributed by atoms with Gasteiger partial charge in [0.1, 0.15) is 0 Å². The van der Waals surface area contributed by atoms with Gasteiger partial charge in [-0.2, -0.15) is 0 Å². The molecule has 1 N–H and O–H groups in total. The van der Waals surface area contributed by atoms with Crippen molar-refractivity contribution in [2.75, 3.05) is 19.0 Å². The topological polar surface area (TPSA) is 39.1 Å². The molecule has 2 atom stereocenters. The highest BCUT2D eigenvalue weighted by atomic mass is 79.9. The van der Waals surface area contributed by atoms with E-state index in [1.165, 1.54) is 5.56 Å². The van der Waals surface area contributed by atoms with E-state index in [0.717, 1.165) is 16.1 Å². The molecule has 0 amide bonds. The minimum Gasteiger partial charge on any atom is -0.383 e. The number of hydrogen-bond acceptors (Lipinski definition) is 3. The summed E-state index contributed by atoms with van der Waals surface area (Å²) in [5.41, 5.74) is 2.24. The fourth-order valence-corrected chi connectivity index (χ4v) is 2.77. The predicted molar refractivity (Wildman–Crippen MR) is 89.9 cm³/mol. The summed E-state index contributed by atoms with van der Waals surface area (Å²) < 4.78 is 8.44. The third-order valence-corrected chi connectivity index (χ3v) is 3.89. The van der Waals surface area contributed by atoms with Gasteiger partial charge in [-0.3, -0.25) is 0 Å². The van der Waals surface area contributed by atoms with Gasteiger partial charge in [-0.05, 0) is 38.5 Å². The second-order valence-electron chi connectivity index (χ2n) is 5.34. The zero-order chi connectivity index (χ0) is 15.4. The molecular weight excluding hydrogens is 330 g/mol. The van der Waals surface area contributed by atoms with Gasteiger partial charge >= 0.3 is 0 Å². The number of anilines is 1. The van der Waals surface area contributed by atoms with Crippen molar-refractivity contribution in [3.63, 3.8) is 0 Å². The molecule has 0 bridgehead atoms. The Hall–Kier alpha value is -1.33. The lowest BCUT2D eigenvalue weighted by Crippen LogP contribution is -2.24. The molecule has 1 heterocycles. The number of aromatic nitrogens is 2. The number of ether oxygens (including phenoxy) is 1. The summed E-state index contributed by atoms with van der Waals surface area (Å²) in [6.45, 7) is 6.92. The maximum absolute atomic E-state index is 5.18. The van der Waals surface area contributed by atoms with E-state index in [1.807, 2.05) is 13.0 Å². The lowest BCUT2D eigenvalue weighted by atomic mass is 10.1. The smallest absolute Gasteiger partial charge is 0.203 e. The fourth-order valence-electron chi connectivity index (χ4n) is 2.36. The number of aryl methyl sites for hydroxylation is 1. The number of nitrogens with one attached hydrogen (secondary N) is 1. The summed E-state index contributed by atoms with van der Waals surface area (Å²) in [6, 6.07) is 8.79. The largest absolute Gasteiger partial charge is 0.383 e. The van der Waals surface area contributed by atoms with E-state index in [4.69, 9.17) is 4.74 Å². The van der Waals surface area contributed by atoms with Crippen LogP contribution in [-0.2, 0) is 4.74 Å². The van der Waals surface area contributed by atoms with E-state index >= 15 is 0 Å². The van der Waals surface area contributed by atoms with Gasteiger partial charge in [-0.15, -0.1) is 0 Å². The molecule has 0 spiro atoms. The molecule has 4 nitrogen and oxygen atoms in total. The fraction of sp³-hybridized carbons (Fsp3) is 0.438. The van der Waals surface area contributed by atoms with Gasteiger partial charge in [0, 0.05) is 23.8 Å². The Bertz CT molecular complexity index is 597. The molecule has 0 saturated heterocycles. The number of hydrogen-bond donors (Lipinski definition) is 1.